The third kappa shape index (κ3) is 5.51. The van der Waals surface area contributed by atoms with Gasteiger partial charge in [0.25, 0.3) is 0 Å². The van der Waals surface area contributed by atoms with Crippen molar-refractivity contribution in [1.82, 2.24) is 4.90 Å². The maximum absolute atomic E-state index is 12.3. The number of ether oxygens (including phenoxy) is 2. The Bertz CT molecular complexity index is 910. The Kier molecular flexibility index (Phi) is 7.14. The van der Waals surface area contributed by atoms with Gasteiger partial charge in [-0.05, 0) is 47.4 Å². The van der Waals surface area contributed by atoms with E-state index in [1.807, 2.05) is 48.6 Å². The van der Waals surface area contributed by atoms with Crippen molar-refractivity contribution in [2.24, 2.45) is 5.16 Å². The van der Waals surface area contributed by atoms with Crippen LogP contribution in [0.3, 0.4) is 0 Å². The summed E-state index contributed by atoms with van der Waals surface area (Å²) in [6.45, 7) is 1.01. The molecule has 6 nitrogen and oxygen atoms in total. The molecule has 2 aromatic carbocycles. The van der Waals surface area contributed by atoms with Crippen LogP contribution in [-0.4, -0.2) is 38.0 Å². The van der Waals surface area contributed by atoms with Crippen molar-refractivity contribution in [3.05, 3.63) is 64.2 Å². The molecule has 29 heavy (non-hydrogen) atoms. The topological polar surface area (TPSA) is 60.4 Å². The molecule has 0 aromatic heterocycles. The van der Waals surface area contributed by atoms with Crippen LogP contribution in [0, 0.1) is 0 Å². The number of hydrogen-bond acceptors (Lipinski definition) is 5. The number of carbonyl (C=O) groups is 1. The molecule has 0 aliphatic carbocycles. The van der Waals surface area contributed by atoms with E-state index in [0.717, 1.165) is 23.1 Å². The smallest absolute Gasteiger partial charge is 0.436 e. The number of carbonyl (C=O) groups excluding carboxylic acids is 1. The van der Waals surface area contributed by atoms with Gasteiger partial charge in [0.05, 0.1) is 14.2 Å². The first-order valence-electron chi connectivity index (χ1n) is 9.24. The molecule has 0 bridgehead atoms. The van der Waals surface area contributed by atoms with Gasteiger partial charge < -0.3 is 14.4 Å². The summed E-state index contributed by atoms with van der Waals surface area (Å²) in [5.41, 5.74) is 3.20. The molecule has 7 heteroatoms. The molecule has 0 saturated carbocycles. The van der Waals surface area contributed by atoms with Crippen LogP contribution < -0.4 is 9.47 Å². The lowest BCUT2D eigenvalue weighted by molar-refractivity contribution is 0.101. The van der Waals surface area contributed by atoms with Gasteiger partial charge in [-0.15, -0.1) is 0 Å². The van der Waals surface area contributed by atoms with Gasteiger partial charge in [0.2, 0.25) is 0 Å². The molecule has 0 fully saturated rings. The number of amides is 1. The Labute approximate surface area is 175 Å². The molecule has 0 atom stereocenters. The van der Waals surface area contributed by atoms with Crippen LogP contribution in [0.2, 0.25) is 5.02 Å². The average molecular weight is 415 g/mol. The quantitative estimate of drug-likeness (QED) is 0.381. The Morgan fingerprint density at radius 2 is 1.83 bits per heavy atom. The van der Waals surface area contributed by atoms with E-state index in [4.69, 9.17) is 25.9 Å². The molecular formula is C22H23ClN2O4. The predicted octanol–water partition coefficient (Wildman–Crippen LogP) is 4.94. The number of allylic oxidation sites excluding steroid dienone is 1. The van der Waals surface area contributed by atoms with Crippen LogP contribution in [0.25, 0.3) is 6.08 Å². The summed E-state index contributed by atoms with van der Waals surface area (Å²) < 4.78 is 10.7. The zero-order valence-corrected chi connectivity index (χ0v) is 17.2. The summed E-state index contributed by atoms with van der Waals surface area (Å²) in [6.07, 6.45) is 6.23. The average Bonchev–Trinajstić information content (AvgIpc) is 2.75. The molecule has 3 rings (SSSR count). The first kappa shape index (κ1) is 20.7. The third-order valence-electron chi connectivity index (χ3n) is 4.60. The van der Waals surface area contributed by atoms with Gasteiger partial charge in [0, 0.05) is 30.7 Å². The second-order valence-electron chi connectivity index (χ2n) is 6.48. The van der Waals surface area contributed by atoms with E-state index in [-0.39, 0.29) is 0 Å². The fraction of sp³-hybridized carbons (Fsp3) is 0.273. The molecule has 0 radical (unpaired) electrons. The van der Waals surface area contributed by atoms with E-state index in [9.17, 15) is 4.79 Å². The molecule has 1 aliphatic rings. The summed E-state index contributed by atoms with van der Waals surface area (Å²) in [5.74, 6) is 1.34. The number of hydrogen-bond donors (Lipinski definition) is 0. The molecule has 0 saturated heterocycles. The first-order valence-corrected chi connectivity index (χ1v) is 9.62. The van der Waals surface area contributed by atoms with Crippen LogP contribution >= 0.6 is 11.6 Å². The molecule has 1 amide bonds. The van der Waals surface area contributed by atoms with Gasteiger partial charge >= 0.3 is 6.09 Å². The normalized spacial score (nSPS) is 13.6. The predicted molar refractivity (Wildman–Crippen MR) is 114 cm³/mol. The maximum Gasteiger partial charge on any atom is 0.436 e. The van der Waals surface area contributed by atoms with Crippen molar-refractivity contribution in [3.63, 3.8) is 0 Å². The molecule has 1 heterocycles. The Balaban J connectivity index is 1.50. The highest BCUT2D eigenvalue weighted by Crippen LogP contribution is 2.33. The van der Waals surface area contributed by atoms with Gasteiger partial charge in [-0.3, -0.25) is 4.84 Å². The number of oxime groups is 1. The van der Waals surface area contributed by atoms with E-state index in [0.29, 0.717) is 36.0 Å². The van der Waals surface area contributed by atoms with E-state index >= 15 is 0 Å². The maximum atomic E-state index is 12.3. The first-order chi connectivity index (χ1) is 14.1. The van der Waals surface area contributed by atoms with Crippen molar-refractivity contribution in [1.29, 1.82) is 0 Å². The summed E-state index contributed by atoms with van der Waals surface area (Å²) in [7, 11) is 3.20. The zero-order chi connectivity index (χ0) is 20.6. The highest BCUT2D eigenvalue weighted by atomic mass is 35.5. The van der Waals surface area contributed by atoms with Gasteiger partial charge in [-0.25, -0.2) is 4.79 Å². The van der Waals surface area contributed by atoms with Crippen molar-refractivity contribution in [2.45, 2.75) is 19.4 Å². The van der Waals surface area contributed by atoms with Crippen molar-refractivity contribution in [2.75, 3.05) is 20.8 Å². The fourth-order valence-corrected chi connectivity index (χ4v) is 3.19. The summed E-state index contributed by atoms with van der Waals surface area (Å²) in [6, 6.07) is 11.4. The summed E-state index contributed by atoms with van der Waals surface area (Å²) in [4.78, 5) is 18.9. The molecule has 1 aliphatic heterocycles. The van der Waals surface area contributed by atoms with Gasteiger partial charge in [-0.2, -0.15) is 0 Å². The highest BCUT2D eigenvalue weighted by Gasteiger charge is 2.24. The lowest BCUT2D eigenvalue weighted by Crippen LogP contribution is -2.35. The van der Waals surface area contributed by atoms with Crippen LogP contribution in [0.4, 0.5) is 4.79 Å². The number of methoxy groups -OCH3 is 2. The van der Waals surface area contributed by atoms with Gasteiger partial charge in [-0.1, -0.05) is 41.0 Å². The van der Waals surface area contributed by atoms with Crippen LogP contribution in [0.15, 0.2) is 47.6 Å². The van der Waals surface area contributed by atoms with E-state index in [1.165, 1.54) is 0 Å². The standard InChI is InChI=1S/C22H23ClN2O4/c1-27-20-13-17-10-12-25(15-18(17)14-21(20)28-2)22(26)29-24-11-4-3-5-16-6-8-19(23)9-7-16/h3,5-9,11,13-14H,4,10,12,15H2,1-2H3/b5-3+,24-11+. The summed E-state index contributed by atoms with van der Waals surface area (Å²) >= 11 is 5.86. The minimum atomic E-state index is -0.469. The minimum absolute atomic E-state index is 0.445. The SMILES string of the molecule is COc1cc2c(cc1OC)CN(C(=O)O/N=C/C/C=C/c1ccc(Cl)cc1)CC2. The Morgan fingerprint density at radius 3 is 2.52 bits per heavy atom. The molecule has 2 aromatic rings. The van der Waals surface area contributed by atoms with Crippen molar-refractivity contribution < 1.29 is 19.1 Å². The van der Waals surface area contributed by atoms with Crippen LogP contribution in [-0.2, 0) is 17.8 Å². The molecule has 0 spiro atoms. The number of rotatable bonds is 6. The van der Waals surface area contributed by atoms with E-state index in [1.54, 1.807) is 25.3 Å². The van der Waals surface area contributed by atoms with E-state index in [2.05, 4.69) is 5.16 Å². The third-order valence-corrected chi connectivity index (χ3v) is 4.86. The lowest BCUT2D eigenvalue weighted by Gasteiger charge is -2.27. The van der Waals surface area contributed by atoms with Crippen LogP contribution in [0.1, 0.15) is 23.1 Å². The van der Waals surface area contributed by atoms with Crippen molar-refractivity contribution >= 4 is 30.0 Å². The number of halogens is 1. The van der Waals surface area contributed by atoms with Crippen LogP contribution in [0.5, 0.6) is 11.5 Å². The Hall–Kier alpha value is -2.99. The van der Waals surface area contributed by atoms with Crippen molar-refractivity contribution in [3.8, 4) is 11.5 Å². The largest absolute Gasteiger partial charge is 0.493 e. The monoisotopic (exact) mass is 414 g/mol. The minimum Gasteiger partial charge on any atom is -0.493 e. The fourth-order valence-electron chi connectivity index (χ4n) is 3.06. The highest BCUT2D eigenvalue weighted by molar-refractivity contribution is 6.30. The number of nitrogens with zero attached hydrogens (tertiary/aromatic N) is 2. The zero-order valence-electron chi connectivity index (χ0n) is 16.4. The lowest BCUT2D eigenvalue weighted by atomic mass is 9.99. The molecule has 0 N–H and O–H groups in total. The second-order valence-corrected chi connectivity index (χ2v) is 6.92. The number of fused-ring (bicyclic) bond motifs is 1. The second kappa shape index (κ2) is 9.98. The number of benzene rings is 2. The van der Waals surface area contributed by atoms with Gasteiger partial charge in [0.1, 0.15) is 0 Å². The molecular weight excluding hydrogens is 392 g/mol. The van der Waals surface area contributed by atoms with E-state index < -0.39 is 6.09 Å². The van der Waals surface area contributed by atoms with Gasteiger partial charge in [0.15, 0.2) is 11.5 Å². The summed E-state index contributed by atoms with van der Waals surface area (Å²) in [5, 5.41) is 4.48. The molecule has 0 unspecified atom stereocenters. The Morgan fingerprint density at radius 1 is 1.14 bits per heavy atom. The molecule has 152 valence electrons.